The molecular formula is C17H15FN4O3. The van der Waals surface area contributed by atoms with Crippen LogP contribution in [0.4, 0.5) is 4.39 Å². The molecule has 0 bridgehead atoms. The van der Waals surface area contributed by atoms with E-state index >= 15 is 0 Å². The predicted molar refractivity (Wildman–Crippen MR) is 86.0 cm³/mol. The van der Waals surface area contributed by atoms with Gasteiger partial charge >= 0.3 is 11.9 Å². The van der Waals surface area contributed by atoms with Gasteiger partial charge < -0.3 is 10.0 Å². The van der Waals surface area contributed by atoms with E-state index in [0.717, 1.165) is 10.4 Å². The molecule has 1 atom stereocenters. The standard InChI is InChI=1S/C17H15FN4O3/c1-11(15-14(18)3-2-6-19-15)21(16(23)17(24)25)10-12-5-8-22-13(9-12)4-7-20-22/h2-9,11H,10H2,1H3,(H,24,25). The van der Waals surface area contributed by atoms with Gasteiger partial charge in [-0.3, -0.25) is 9.78 Å². The first-order chi connectivity index (χ1) is 12.0. The number of carboxylic acids is 1. The van der Waals surface area contributed by atoms with Crippen molar-refractivity contribution in [2.24, 2.45) is 0 Å². The number of carbonyl (C=O) groups is 2. The van der Waals surface area contributed by atoms with Gasteiger partial charge in [0.15, 0.2) is 0 Å². The molecule has 0 radical (unpaired) electrons. The van der Waals surface area contributed by atoms with Crippen molar-refractivity contribution in [1.82, 2.24) is 19.5 Å². The highest BCUT2D eigenvalue weighted by Gasteiger charge is 2.29. The summed E-state index contributed by atoms with van der Waals surface area (Å²) in [6.45, 7) is 1.55. The zero-order chi connectivity index (χ0) is 18.0. The number of carbonyl (C=O) groups excluding carboxylic acids is 1. The van der Waals surface area contributed by atoms with Gasteiger partial charge in [0, 0.05) is 25.1 Å². The number of carboxylic acid groups (broad SMARTS) is 1. The van der Waals surface area contributed by atoms with E-state index < -0.39 is 23.7 Å². The summed E-state index contributed by atoms with van der Waals surface area (Å²) in [5.41, 5.74) is 1.52. The van der Waals surface area contributed by atoms with Crippen LogP contribution in [0.25, 0.3) is 5.52 Å². The SMILES string of the molecule is CC(c1ncccc1F)N(Cc1ccn2nccc2c1)C(=O)C(=O)O. The smallest absolute Gasteiger partial charge is 0.394 e. The maximum atomic E-state index is 14.0. The van der Waals surface area contributed by atoms with Crippen LogP contribution in [0.3, 0.4) is 0 Å². The Morgan fingerprint density at radius 2 is 2.12 bits per heavy atom. The van der Waals surface area contributed by atoms with E-state index in [4.69, 9.17) is 5.11 Å². The summed E-state index contributed by atoms with van der Waals surface area (Å²) >= 11 is 0. The number of amides is 1. The summed E-state index contributed by atoms with van der Waals surface area (Å²) in [7, 11) is 0. The molecule has 0 saturated carbocycles. The van der Waals surface area contributed by atoms with E-state index in [1.54, 1.807) is 42.0 Å². The average Bonchev–Trinajstić information content (AvgIpc) is 3.06. The second-order valence-corrected chi connectivity index (χ2v) is 5.52. The van der Waals surface area contributed by atoms with Crippen molar-refractivity contribution in [2.75, 3.05) is 0 Å². The van der Waals surface area contributed by atoms with E-state index in [1.165, 1.54) is 18.3 Å². The maximum absolute atomic E-state index is 14.0. The quantitative estimate of drug-likeness (QED) is 0.733. The highest BCUT2D eigenvalue weighted by Crippen LogP contribution is 2.23. The number of rotatable bonds is 4. The van der Waals surface area contributed by atoms with E-state index in [-0.39, 0.29) is 12.2 Å². The number of pyridine rings is 2. The van der Waals surface area contributed by atoms with Gasteiger partial charge in [0.1, 0.15) is 5.82 Å². The lowest BCUT2D eigenvalue weighted by atomic mass is 10.1. The van der Waals surface area contributed by atoms with Crippen LogP contribution in [0.2, 0.25) is 0 Å². The Labute approximate surface area is 142 Å². The lowest BCUT2D eigenvalue weighted by Crippen LogP contribution is -2.38. The van der Waals surface area contributed by atoms with Crippen molar-refractivity contribution in [3.05, 3.63) is 66.0 Å². The van der Waals surface area contributed by atoms with Gasteiger partial charge in [0.25, 0.3) is 0 Å². The zero-order valence-corrected chi connectivity index (χ0v) is 13.3. The van der Waals surface area contributed by atoms with Gasteiger partial charge in [-0.05, 0) is 42.8 Å². The third-order valence-corrected chi connectivity index (χ3v) is 3.91. The summed E-state index contributed by atoms with van der Waals surface area (Å²) < 4.78 is 15.7. The first-order valence-corrected chi connectivity index (χ1v) is 7.54. The molecule has 1 N–H and O–H groups in total. The second-order valence-electron chi connectivity index (χ2n) is 5.52. The molecule has 3 heterocycles. The Kier molecular flexibility index (Phi) is 4.42. The van der Waals surface area contributed by atoms with Gasteiger partial charge in [-0.25, -0.2) is 13.7 Å². The van der Waals surface area contributed by atoms with Crippen molar-refractivity contribution >= 4 is 17.4 Å². The van der Waals surface area contributed by atoms with Crippen molar-refractivity contribution in [3.8, 4) is 0 Å². The molecule has 3 aromatic rings. The Balaban J connectivity index is 1.95. The molecule has 128 valence electrons. The number of aliphatic carboxylic acids is 1. The van der Waals surface area contributed by atoms with E-state index in [2.05, 4.69) is 10.1 Å². The summed E-state index contributed by atoms with van der Waals surface area (Å²) in [5.74, 6) is -3.32. The first kappa shape index (κ1) is 16.6. The summed E-state index contributed by atoms with van der Waals surface area (Å²) in [4.78, 5) is 28.4. The fraction of sp³-hybridized carbons (Fsp3) is 0.176. The lowest BCUT2D eigenvalue weighted by Gasteiger charge is -2.27. The number of fused-ring (bicyclic) bond motifs is 1. The molecule has 0 aliphatic rings. The molecular weight excluding hydrogens is 327 g/mol. The van der Waals surface area contributed by atoms with Crippen molar-refractivity contribution in [1.29, 1.82) is 0 Å². The number of hydrogen-bond acceptors (Lipinski definition) is 4. The minimum Gasteiger partial charge on any atom is -0.474 e. The fourth-order valence-electron chi connectivity index (χ4n) is 2.62. The van der Waals surface area contributed by atoms with Crippen LogP contribution in [0.1, 0.15) is 24.2 Å². The van der Waals surface area contributed by atoms with Gasteiger partial charge in [-0.15, -0.1) is 0 Å². The van der Waals surface area contributed by atoms with Crippen LogP contribution in [-0.4, -0.2) is 36.5 Å². The third kappa shape index (κ3) is 3.32. The van der Waals surface area contributed by atoms with Gasteiger partial charge in [-0.1, -0.05) is 0 Å². The molecule has 1 unspecified atom stereocenters. The number of aromatic nitrogens is 3. The summed E-state index contributed by atoms with van der Waals surface area (Å²) in [6.07, 6.45) is 4.74. The highest BCUT2D eigenvalue weighted by molar-refractivity contribution is 6.31. The zero-order valence-electron chi connectivity index (χ0n) is 13.3. The second kappa shape index (κ2) is 6.68. The van der Waals surface area contributed by atoms with Crippen LogP contribution >= 0.6 is 0 Å². The molecule has 0 fully saturated rings. The molecule has 25 heavy (non-hydrogen) atoms. The van der Waals surface area contributed by atoms with E-state index in [9.17, 15) is 14.0 Å². The normalized spacial score (nSPS) is 12.1. The van der Waals surface area contributed by atoms with Crippen LogP contribution in [-0.2, 0) is 16.1 Å². The molecule has 0 aromatic carbocycles. The van der Waals surface area contributed by atoms with Crippen LogP contribution in [0, 0.1) is 5.82 Å². The molecule has 0 spiro atoms. The minimum absolute atomic E-state index is 0.00396. The summed E-state index contributed by atoms with van der Waals surface area (Å²) in [5, 5.41) is 13.2. The van der Waals surface area contributed by atoms with E-state index in [1.807, 2.05) is 0 Å². The highest BCUT2D eigenvalue weighted by atomic mass is 19.1. The minimum atomic E-state index is -1.60. The largest absolute Gasteiger partial charge is 0.474 e. The molecule has 3 aromatic heterocycles. The molecule has 1 amide bonds. The van der Waals surface area contributed by atoms with Gasteiger partial charge in [0.05, 0.1) is 17.3 Å². The summed E-state index contributed by atoms with van der Waals surface area (Å²) in [6, 6.07) is 7.11. The average molecular weight is 342 g/mol. The van der Waals surface area contributed by atoms with Crippen molar-refractivity contribution in [2.45, 2.75) is 19.5 Å². The first-order valence-electron chi connectivity index (χ1n) is 7.54. The molecule has 0 aliphatic heterocycles. The molecule has 8 heteroatoms. The lowest BCUT2D eigenvalue weighted by molar-refractivity contribution is -0.157. The van der Waals surface area contributed by atoms with Crippen LogP contribution in [0.5, 0.6) is 0 Å². The number of nitrogens with zero attached hydrogens (tertiary/aromatic N) is 4. The molecule has 3 rings (SSSR count). The molecule has 0 saturated heterocycles. The predicted octanol–water partition coefficient (Wildman–Crippen LogP) is 2.04. The van der Waals surface area contributed by atoms with Gasteiger partial charge in [0.2, 0.25) is 0 Å². The topological polar surface area (TPSA) is 87.8 Å². The Hall–Kier alpha value is -3.29. The van der Waals surface area contributed by atoms with Crippen LogP contribution < -0.4 is 0 Å². The van der Waals surface area contributed by atoms with E-state index in [0.29, 0.717) is 5.56 Å². The van der Waals surface area contributed by atoms with Crippen molar-refractivity contribution < 1.29 is 19.1 Å². The number of halogens is 1. The van der Waals surface area contributed by atoms with Crippen molar-refractivity contribution in [3.63, 3.8) is 0 Å². The Morgan fingerprint density at radius 3 is 2.84 bits per heavy atom. The van der Waals surface area contributed by atoms with Gasteiger partial charge in [-0.2, -0.15) is 5.10 Å². The molecule has 7 nitrogen and oxygen atoms in total. The Bertz CT molecular complexity index is 940. The molecule has 0 aliphatic carbocycles. The third-order valence-electron chi connectivity index (χ3n) is 3.91. The monoisotopic (exact) mass is 342 g/mol. The Morgan fingerprint density at radius 1 is 1.32 bits per heavy atom. The number of hydrogen-bond donors (Lipinski definition) is 1. The fourth-order valence-corrected chi connectivity index (χ4v) is 2.62. The maximum Gasteiger partial charge on any atom is 0.394 e. The van der Waals surface area contributed by atoms with Crippen LogP contribution in [0.15, 0.2) is 48.9 Å².